The molecule has 0 saturated heterocycles. The van der Waals surface area contributed by atoms with Crippen LogP contribution in [0.25, 0.3) is 0 Å². The predicted octanol–water partition coefficient (Wildman–Crippen LogP) is 3.12. The molecular formula is C24H35IN4O4. The first kappa shape index (κ1) is 28.5. The highest BCUT2D eigenvalue weighted by Gasteiger charge is 2.09. The smallest absolute Gasteiger partial charge is 0.251 e. The molecule has 4 N–H and O–H groups in total. The standard InChI is InChI=1S/C24H34N4O4.HI/c1-5-25-24(27-15-14-26-23(30)19-8-10-20(31-4)11-9-19)28-16-22(29)18-6-12-21(13-7-18)32-17(2)3;/h6-13,17,22,29H,5,14-16H2,1-4H3,(H,26,30)(H2,25,27,28);1H. The number of hydrogen-bond acceptors (Lipinski definition) is 5. The number of halogens is 1. The summed E-state index contributed by atoms with van der Waals surface area (Å²) < 4.78 is 10.7. The van der Waals surface area contributed by atoms with Crippen molar-refractivity contribution >= 4 is 35.8 Å². The monoisotopic (exact) mass is 570 g/mol. The van der Waals surface area contributed by atoms with E-state index in [2.05, 4.69) is 20.9 Å². The lowest BCUT2D eigenvalue weighted by Crippen LogP contribution is -2.41. The van der Waals surface area contributed by atoms with Gasteiger partial charge in [-0.2, -0.15) is 0 Å². The van der Waals surface area contributed by atoms with Crippen LogP contribution < -0.4 is 25.4 Å². The highest BCUT2D eigenvalue weighted by molar-refractivity contribution is 14.0. The first-order valence-corrected chi connectivity index (χ1v) is 10.8. The largest absolute Gasteiger partial charge is 0.497 e. The highest BCUT2D eigenvalue weighted by Crippen LogP contribution is 2.19. The second-order valence-corrected chi connectivity index (χ2v) is 7.38. The summed E-state index contributed by atoms with van der Waals surface area (Å²) in [5.41, 5.74) is 1.34. The fourth-order valence-electron chi connectivity index (χ4n) is 2.87. The summed E-state index contributed by atoms with van der Waals surface area (Å²) in [7, 11) is 1.59. The van der Waals surface area contributed by atoms with Crippen molar-refractivity contribution in [2.45, 2.75) is 33.0 Å². The number of carbonyl (C=O) groups excluding carboxylic acids is 1. The van der Waals surface area contributed by atoms with Crippen LogP contribution in [0.1, 0.15) is 42.8 Å². The van der Waals surface area contributed by atoms with E-state index in [1.54, 1.807) is 31.4 Å². The molecule has 1 unspecified atom stereocenters. The molecule has 9 heteroatoms. The Balaban J connectivity index is 0.00000544. The second kappa shape index (κ2) is 15.3. The number of nitrogens with zero attached hydrogens (tertiary/aromatic N) is 1. The Bertz CT molecular complexity index is 858. The SMILES string of the molecule is CCNC(=NCC(O)c1ccc(OC(C)C)cc1)NCCNC(=O)c1ccc(OC)cc1.I. The van der Waals surface area contributed by atoms with Gasteiger partial charge in [-0.3, -0.25) is 9.79 Å². The normalized spacial score (nSPS) is 11.9. The predicted molar refractivity (Wildman–Crippen MR) is 142 cm³/mol. The fourth-order valence-corrected chi connectivity index (χ4v) is 2.87. The van der Waals surface area contributed by atoms with Gasteiger partial charge in [-0.05, 0) is 62.7 Å². The van der Waals surface area contributed by atoms with Gasteiger partial charge in [0.05, 0.1) is 25.9 Å². The number of hydrogen-bond donors (Lipinski definition) is 4. The topological polar surface area (TPSA) is 104 Å². The maximum Gasteiger partial charge on any atom is 0.251 e. The summed E-state index contributed by atoms with van der Waals surface area (Å²) in [6, 6.07) is 14.3. The number of rotatable bonds is 11. The minimum atomic E-state index is -0.728. The number of carbonyl (C=O) groups is 1. The minimum Gasteiger partial charge on any atom is -0.497 e. The summed E-state index contributed by atoms with van der Waals surface area (Å²) in [5.74, 6) is 1.89. The summed E-state index contributed by atoms with van der Waals surface area (Å²) in [5, 5.41) is 19.6. The van der Waals surface area contributed by atoms with Crippen molar-refractivity contribution < 1.29 is 19.4 Å². The lowest BCUT2D eigenvalue weighted by atomic mass is 10.1. The number of guanidine groups is 1. The van der Waals surface area contributed by atoms with Crippen molar-refractivity contribution in [3.8, 4) is 11.5 Å². The van der Waals surface area contributed by atoms with Gasteiger partial charge in [0.2, 0.25) is 0 Å². The molecule has 0 aliphatic carbocycles. The van der Waals surface area contributed by atoms with E-state index < -0.39 is 6.10 Å². The molecular weight excluding hydrogens is 535 g/mol. The molecule has 0 heterocycles. The van der Waals surface area contributed by atoms with Crippen molar-refractivity contribution in [1.82, 2.24) is 16.0 Å². The molecule has 0 bridgehead atoms. The summed E-state index contributed by atoms with van der Waals surface area (Å²) in [6.45, 7) is 7.71. The Kier molecular flexibility index (Phi) is 13.2. The Labute approximate surface area is 213 Å². The van der Waals surface area contributed by atoms with E-state index >= 15 is 0 Å². The quantitative estimate of drug-likeness (QED) is 0.143. The maximum atomic E-state index is 12.2. The van der Waals surface area contributed by atoms with Crippen molar-refractivity contribution in [3.63, 3.8) is 0 Å². The van der Waals surface area contributed by atoms with Gasteiger partial charge in [0.25, 0.3) is 5.91 Å². The Hall–Kier alpha value is -2.53. The van der Waals surface area contributed by atoms with Crippen LogP contribution in [0.2, 0.25) is 0 Å². The van der Waals surface area contributed by atoms with Crippen LogP contribution >= 0.6 is 24.0 Å². The average molecular weight is 570 g/mol. The van der Waals surface area contributed by atoms with Crippen LogP contribution in [-0.2, 0) is 0 Å². The molecule has 33 heavy (non-hydrogen) atoms. The van der Waals surface area contributed by atoms with Gasteiger partial charge in [-0.15, -0.1) is 24.0 Å². The van der Waals surface area contributed by atoms with E-state index in [1.165, 1.54) is 0 Å². The first-order chi connectivity index (χ1) is 15.4. The molecule has 2 aromatic carbocycles. The van der Waals surface area contributed by atoms with Crippen molar-refractivity contribution in [1.29, 1.82) is 0 Å². The molecule has 0 aliphatic rings. The molecule has 182 valence electrons. The van der Waals surface area contributed by atoms with E-state index in [0.29, 0.717) is 36.9 Å². The lowest BCUT2D eigenvalue weighted by molar-refractivity contribution is 0.0954. The van der Waals surface area contributed by atoms with E-state index in [9.17, 15) is 9.90 Å². The van der Waals surface area contributed by atoms with Crippen LogP contribution in [0, 0.1) is 0 Å². The van der Waals surface area contributed by atoms with Gasteiger partial charge in [0.15, 0.2) is 5.96 Å². The van der Waals surface area contributed by atoms with Crippen LogP contribution in [-0.4, -0.2) is 56.4 Å². The number of amides is 1. The average Bonchev–Trinajstić information content (AvgIpc) is 2.80. The zero-order chi connectivity index (χ0) is 23.3. The van der Waals surface area contributed by atoms with Gasteiger partial charge in [0, 0.05) is 25.2 Å². The molecule has 0 saturated carbocycles. The van der Waals surface area contributed by atoms with E-state index in [1.807, 2.05) is 45.0 Å². The Morgan fingerprint density at radius 2 is 1.58 bits per heavy atom. The Morgan fingerprint density at radius 3 is 2.15 bits per heavy atom. The molecule has 1 amide bonds. The van der Waals surface area contributed by atoms with Gasteiger partial charge in [-0.1, -0.05) is 12.1 Å². The number of aliphatic hydroxyl groups excluding tert-OH is 1. The number of benzene rings is 2. The first-order valence-electron chi connectivity index (χ1n) is 10.8. The third-order valence-corrected chi connectivity index (χ3v) is 4.46. The molecule has 0 spiro atoms. The van der Waals surface area contributed by atoms with Crippen molar-refractivity contribution in [2.24, 2.45) is 4.99 Å². The van der Waals surface area contributed by atoms with Gasteiger partial charge >= 0.3 is 0 Å². The molecule has 0 radical (unpaired) electrons. The maximum absolute atomic E-state index is 12.2. The number of methoxy groups -OCH3 is 1. The fraction of sp³-hybridized carbons (Fsp3) is 0.417. The van der Waals surface area contributed by atoms with Gasteiger partial charge < -0.3 is 30.5 Å². The van der Waals surface area contributed by atoms with Crippen molar-refractivity contribution in [2.75, 3.05) is 33.3 Å². The van der Waals surface area contributed by atoms with Crippen LogP contribution in [0.15, 0.2) is 53.5 Å². The van der Waals surface area contributed by atoms with Crippen LogP contribution in [0.3, 0.4) is 0 Å². The third kappa shape index (κ3) is 10.3. The number of ether oxygens (including phenoxy) is 2. The van der Waals surface area contributed by atoms with Gasteiger partial charge in [0.1, 0.15) is 11.5 Å². The zero-order valence-corrected chi connectivity index (χ0v) is 22.0. The van der Waals surface area contributed by atoms with E-state index in [4.69, 9.17) is 9.47 Å². The third-order valence-electron chi connectivity index (χ3n) is 4.46. The molecule has 2 aromatic rings. The Morgan fingerprint density at radius 1 is 0.970 bits per heavy atom. The van der Waals surface area contributed by atoms with Gasteiger partial charge in [-0.25, -0.2) is 0 Å². The lowest BCUT2D eigenvalue weighted by Gasteiger charge is -2.14. The van der Waals surface area contributed by atoms with E-state index in [0.717, 1.165) is 11.3 Å². The number of aliphatic imine (C=N–C) groups is 1. The van der Waals surface area contributed by atoms with Crippen LogP contribution in [0.4, 0.5) is 0 Å². The minimum absolute atomic E-state index is 0. The summed E-state index contributed by atoms with van der Waals surface area (Å²) in [6.07, 6.45) is -0.626. The summed E-state index contributed by atoms with van der Waals surface area (Å²) in [4.78, 5) is 16.6. The van der Waals surface area contributed by atoms with E-state index in [-0.39, 0.29) is 42.5 Å². The molecule has 2 rings (SSSR count). The van der Waals surface area contributed by atoms with Crippen molar-refractivity contribution in [3.05, 3.63) is 59.7 Å². The highest BCUT2D eigenvalue weighted by atomic mass is 127. The molecule has 0 aromatic heterocycles. The van der Waals surface area contributed by atoms with Crippen LogP contribution in [0.5, 0.6) is 11.5 Å². The molecule has 0 aliphatic heterocycles. The summed E-state index contributed by atoms with van der Waals surface area (Å²) >= 11 is 0. The number of aliphatic hydroxyl groups is 1. The molecule has 1 atom stereocenters. The molecule has 0 fully saturated rings. The zero-order valence-electron chi connectivity index (χ0n) is 19.6. The number of nitrogens with one attached hydrogen (secondary N) is 3. The second-order valence-electron chi connectivity index (χ2n) is 7.38. The molecule has 8 nitrogen and oxygen atoms in total.